The molecule has 23 heavy (non-hydrogen) atoms. The molecule has 2 aromatic rings. The number of hydrogen-bond donors (Lipinski definition) is 0. The second-order valence-corrected chi connectivity index (χ2v) is 5.84. The third-order valence-electron chi connectivity index (χ3n) is 3.95. The van der Waals surface area contributed by atoms with Crippen molar-refractivity contribution in [2.45, 2.75) is 18.9 Å². The number of rotatable bonds is 3. The Labute approximate surface area is 138 Å². The highest BCUT2D eigenvalue weighted by atomic mass is 35.5. The number of likely N-dealkylation sites (N-methyl/N-ethyl adjacent to an activating group) is 1. The minimum atomic E-state index is -0.420. The van der Waals surface area contributed by atoms with E-state index in [0.29, 0.717) is 29.6 Å². The molecule has 1 aliphatic heterocycles. The van der Waals surface area contributed by atoms with Gasteiger partial charge in [0, 0.05) is 30.2 Å². The van der Waals surface area contributed by atoms with Crippen molar-refractivity contribution in [1.82, 2.24) is 10.1 Å². The fourth-order valence-electron chi connectivity index (χ4n) is 2.68. The number of halogens is 1. The number of anilines is 1. The Morgan fingerprint density at radius 2 is 2.35 bits per heavy atom. The monoisotopic (exact) mass is 330 g/mol. The van der Waals surface area contributed by atoms with E-state index in [2.05, 4.69) is 11.3 Å². The van der Waals surface area contributed by atoms with Gasteiger partial charge in [0.1, 0.15) is 6.04 Å². The van der Waals surface area contributed by atoms with Crippen LogP contribution in [0.15, 0.2) is 34.9 Å². The molecule has 0 N–H and O–H groups in total. The summed E-state index contributed by atoms with van der Waals surface area (Å²) in [5.41, 5.74) is 0.789. The minimum absolute atomic E-state index is 0.157. The molecule has 1 amide bonds. The molecular weight excluding hydrogens is 316 g/mol. The van der Waals surface area contributed by atoms with E-state index >= 15 is 0 Å². The number of carbonyl (C=O) groups is 1. The highest BCUT2D eigenvalue weighted by Gasteiger charge is 2.33. The smallest absolute Gasteiger partial charge is 0.251 e. The van der Waals surface area contributed by atoms with E-state index in [4.69, 9.17) is 21.4 Å². The fourth-order valence-corrected chi connectivity index (χ4v) is 2.87. The average molecular weight is 331 g/mol. The van der Waals surface area contributed by atoms with Gasteiger partial charge in [0.25, 0.3) is 5.91 Å². The Kier molecular flexibility index (Phi) is 4.22. The van der Waals surface area contributed by atoms with E-state index in [9.17, 15) is 4.79 Å². The van der Waals surface area contributed by atoms with Crippen LogP contribution in [0.25, 0.3) is 11.3 Å². The molecule has 118 valence electrons. The van der Waals surface area contributed by atoms with Gasteiger partial charge in [0.2, 0.25) is 0 Å². The molecule has 1 atom stereocenters. The van der Waals surface area contributed by atoms with Gasteiger partial charge in [-0.2, -0.15) is 5.26 Å². The van der Waals surface area contributed by atoms with Crippen LogP contribution in [0.4, 0.5) is 5.82 Å². The number of aromatic nitrogens is 1. The van der Waals surface area contributed by atoms with Crippen LogP contribution in [-0.4, -0.2) is 35.6 Å². The van der Waals surface area contributed by atoms with Gasteiger partial charge in [0.05, 0.1) is 0 Å². The molecule has 0 spiro atoms. The van der Waals surface area contributed by atoms with Crippen LogP contribution < -0.4 is 4.90 Å². The average Bonchev–Trinajstić information content (AvgIpc) is 3.22. The van der Waals surface area contributed by atoms with Gasteiger partial charge in [-0.25, -0.2) is 0 Å². The maximum atomic E-state index is 12.5. The number of amides is 1. The van der Waals surface area contributed by atoms with E-state index < -0.39 is 6.04 Å². The zero-order chi connectivity index (χ0) is 16.4. The topological polar surface area (TPSA) is 73.4 Å². The second-order valence-electron chi connectivity index (χ2n) is 5.41. The summed E-state index contributed by atoms with van der Waals surface area (Å²) >= 11 is 5.97. The number of hydrogen-bond acceptors (Lipinski definition) is 5. The van der Waals surface area contributed by atoms with Crippen LogP contribution in [-0.2, 0) is 4.79 Å². The number of carbonyl (C=O) groups excluding carboxylic acids is 1. The van der Waals surface area contributed by atoms with Crippen LogP contribution in [0, 0.1) is 11.5 Å². The predicted octanol–water partition coefficient (Wildman–Crippen LogP) is 2.90. The molecular formula is C16H15ClN4O2. The Hall–Kier alpha value is -2.52. The van der Waals surface area contributed by atoms with Crippen molar-refractivity contribution in [2.75, 3.05) is 18.5 Å². The fraction of sp³-hybridized carbons (Fsp3) is 0.312. The summed E-state index contributed by atoms with van der Waals surface area (Å²) in [6, 6.07) is 8.48. The summed E-state index contributed by atoms with van der Waals surface area (Å²) < 4.78 is 5.31. The van der Waals surface area contributed by atoms with E-state index in [0.717, 1.165) is 12.0 Å². The van der Waals surface area contributed by atoms with Crippen molar-refractivity contribution in [2.24, 2.45) is 0 Å². The van der Waals surface area contributed by atoms with Crippen LogP contribution in [0.5, 0.6) is 0 Å². The van der Waals surface area contributed by atoms with E-state index in [1.807, 2.05) is 12.1 Å². The molecule has 1 unspecified atom stereocenters. The SMILES string of the molecule is CN(C(=O)C1CCCN1C#N)c1cc(-c2cccc(Cl)c2)on1. The molecule has 1 aliphatic rings. The first-order chi connectivity index (χ1) is 11.1. The summed E-state index contributed by atoms with van der Waals surface area (Å²) in [7, 11) is 1.63. The van der Waals surface area contributed by atoms with Crippen molar-refractivity contribution in [3.63, 3.8) is 0 Å². The lowest BCUT2D eigenvalue weighted by atomic mass is 10.1. The third kappa shape index (κ3) is 3.01. The maximum absolute atomic E-state index is 12.5. The van der Waals surface area contributed by atoms with Gasteiger partial charge >= 0.3 is 0 Å². The van der Waals surface area contributed by atoms with E-state index in [1.54, 1.807) is 25.2 Å². The first-order valence-electron chi connectivity index (χ1n) is 7.27. The van der Waals surface area contributed by atoms with Gasteiger partial charge in [-0.1, -0.05) is 28.9 Å². The molecule has 0 radical (unpaired) electrons. The van der Waals surface area contributed by atoms with E-state index in [-0.39, 0.29) is 5.91 Å². The Balaban J connectivity index is 1.80. The van der Waals surface area contributed by atoms with Crippen LogP contribution in [0.2, 0.25) is 5.02 Å². The second kappa shape index (κ2) is 6.31. The third-order valence-corrected chi connectivity index (χ3v) is 4.18. The molecule has 0 saturated carbocycles. The highest BCUT2D eigenvalue weighted by molar-refractivity contribution is 6.30. The largest absolute Gasteiger partial charge is 0.354 e. The standard InChI is InChI=1S/C16H15ClN4O2/c1-20(16(22)13-6-3-7-21(13)10-18)15-9-14(23-19-15)11-4-2-5-12(17)8-11/h2,4-5,8-9,13H,3,6-7H2,1H3. The molecule has 1 fully saturated rings. The Morgan fingerprint density at radius 3 is 3.09 bits per heavy atom. The number of likely N-dealkylation sites (tertiary alicyclic amines) is 1. The summed E-state index contributed by atoms with van der Waals surface area (Å²) in [5, 5.41) is 13.6. The molecule has 1 saturated heterocycles. The van der Waals surface area contributed by atoms with Gasteiger partial charge in [-0.15, -0.1) is 0 Å². The molecule has 3 rings (SSSR count). The molecule has 6 nitrogen and oxygen atoms in total. The minimum Gasteiger partial charge on any atom is -0.354 e. The van der Waals surface area contributed by atoms with Crippen molar-refractivity contribution in [3.8, 4) is 17.5 Å². The zero-order valence-electron chi connectivity index (χ0n) is 12.6. The highest BCUT2D eigenvalue weighted by Crippen LogP contribution is 2.27. The van der Waals surface area contributed by atoms with Crippen LogP contribution >= 0.6 is 11.6 Å². The maximum Gasteiger partial charge on any atom is 0.251 e. The van der Waals surface area contributed by atoms with Crippen LogP contribution in [0.3, 0.4) is 0 Å². The summed E-state index contributed by atoms with van der Waals surface area (Å²) in [4.78, 5) is 15.5. The lowest BCUT2D eigenvalue weighted by Gasteiger charge is -2.22. The first kappa shape index (κ1) is 15.4. The normalized spacial score (nSPS) is 17.1. The predicted molar refractivity (Wildman–Crippen MR) is 85.7 cm³/mol. The van der Waals surface area contributed by atoms with Gasteiger partial charge in [0.15, 0.2) is 17.8 Å². The lowest BCUT2D eigenvalue weighted by Crippen LogP contribution is -2.42. The summed E-state index contributed by atoms with van der Waals surface area (Å²) in [6.07, 6.45) is 3.58. The van der Waals surface area contributed by atoms with Crippen molar-refractivity contribution in [1.29, 1.82) is 5.26 Å². The number of benzene rings is 1. The lowest BCUT2D eigenvalue weighted by molar-refractivity contribution is -0.121. The van der Waals surface area contributed by atoms with Crippen molar-refractivity contribution >= 4 is 23.3 Å². The number of nitriles is 1. The summed E-state index contributed by atoms with van der Waals surface area (Å²) in [5.74, 6) is 0.787. The van der Waals surface area contributed by atoms with Crippen LogP contribution in [0.1, 0.15) is 12.8 Å². The number of nitrogens with zero attached hydrogens (tertiary/aromatic N) is 4. The molecule has 2 heterocycles. The molecule has 1 aromatic carbocycles. The molecule has 0 bridgehead atoms. The van der Waals surface area contributed by atoms with Gasteiger partial charge in [-0.3, -0.25) is 14.6 Å². The Bertz CT molecular complexity index is 767. The molecule has 7 heteroatoms. The van der Waals surface area contributed by atoms with Crippen molar-refractivity contribution in [3.05, 3.63) is 35.4 Å². The van der Waals surface area contributed by atoms with Gasteiger partial charge < -0.3 is 4.52 Å². The molecule has 0 aliphatic carbocycles. The molecule has 1 aromatic heterocycles. The van der Waals surface area contributed by atoms with Gasteiger partial charge in [-0.05, 0) is 25.0 Å². The first-order valence-corrected chi connectivity index (χ1v) is 7.64. The zero-order valence-corrected chi connectivity index (χ0v) is 13.3. The summed E-state index contributed by atoms with van der Waals surface area (Å²) in [6.45, 7) is 0.618. The quantitative estimate of drug-likeness (QED) is 0.809. The Morgan fingerprint density at radius 1 is 1.52 bits per heavy atom. The van der Waals surface area contributed by atoms with E-state index in [1.165, 1.54) is 9.80 Å². The van der Waals surface area contributed by atoms with Crippen molar-refractivity contribution < 1.29 is 9.32 Å².